The molecule has 3 fully saturated rings. The van der Waals surface area contributed by atoms with Gasteiger partial charge in [0, 0.05) is 39.1 Å². The summed E-state index contributed by atoms with van der Waals surface area (Å²) in [5.74, 6) is 8.40. The number of nitrogens with two attached hydrogens (primary N) is 1. The maximum absolute atomic E-state index is 13.4. The van der Waals surface area contributed by atoms with Crippen LogP contribution in [0.5, 0.6) is 0 Å². The highest BCUT2D eigenvalue weighted by Crippen LogP contribution is 2.36. The van der Waals surface area contributed by atoms with E-state index in [1.807, 2.05) is 0 Å². The minimum Gasteiger partial charge on any atom is -0.342 e. The van der Waals surface area contributed by atoms with Gasteiger partial charge < -0.3 is 14.8 Å². The Morgan fingerprint density at radius 3 is 2.05 bits per heavy atom. The zero-order valence-electron chi connectivity index (χ0n) is 24.9. The molecule has 2 saturated carbocycles. The van der Waals surface area contributed by atoms with Crippen LogP contribution in [0, 0.1) is 23.2 Å². The van der Waals surface area contributed by atoms with E-state index in [9.17, 15) is 9.59 Å². The summed E-state index contributed by atoms with van der Waals surface area (Å²) in [6, 6.07) is 0. The first kappa shape index (κ1) is 29.6. The van der Waals surface area contributed by atoms with Crippen LogP contribution in [-0.4, -0.2) is 54.0 Å². The zero-order valence-corrected chi connectivity index (χ0v) is 24.9. The molecule has 3 N–H and O–H groups in total. The number of H-pyrrole nitrogens is 1. The normalized spacial score (nSPS) is 20.2. The van der Waals surface area contributed by atoms with Gasteiger partial charge in [0.2, 0.25) is 11.9 Å². The number of carbonyl (C=O) groups is 1. The number of allylic oxidation sites excluding steroid dienone is 1. The lowest BCUT2D eigenvalue weighted by Gasteiger charge is -2.38. The number of hydrogen-bond donors (Lipinski definition) is 2. The van der Waals surface area contributed by atoms with Crippen molar-refractivity contribution in [3.8, 4) is 0 Å². The van der Waals surface area contributed by atoms with Crippen LogP contribution >= 0.6 is 0 Å². The van der Waals surface area contributed by atoms with Crippen molar-refractivity contribution in [2.45, 2.75) is 97.8 Å². The molecule has 0 bridgehead atoms. The smallest absolute Gasteiger partial charge is 0.277 e. The maximum atomic E-state index is 13.4. The summed E-state index contributed by atoms with van der Waals surface area (Å²) in [7, 11) is 1.67. The van der Waals surface area contributed by atoms with Gasteiger partial charge in [0.1, 0.15) is 11.4 Å². The molecule has 1 saturated heterocycles. The summed E-state index contributed by atoms with van der Waals surface area (Å²) in [4.78, 5) is 39.0. The van der Waals surface area contributed by atoms with Crippen molar-refractivity contribution in [2.75, 3.05) is 43.1 Å². The number of hydrogen-bond acceptors (Lipinski definition) is 6. The second-order valence-corrected chi connectivity index (χ2v) is 13.4. The SMILES string of the molecule is C=C(c1nc(N(CC2CCCCC2)CC2CCN(C(=O)C3CCCCC3)CC2)[nH]c(=O)c1N(C)N)C(C)(C)C. The molecular weight excluding hydrogens is 488 g/mol. The Morgan fingerprint density at radius 1 is 0.974 bits per heavy atom. The number of nitrogens with one attached hydrogen (secondary N) is 1. The summed E-state index contributed by atoms with van der Waals surface area (Å²) >= 11 is 0. The monoisotopic (exact) mass is 540 g/mol. The van der Waals surface area contributed by atoms with Crippen molar-refractivity contribution in [2.24, 2.45) is 29.0 Å². The highest BCUT2D eigenvalue weighted by Gasteiger charge is 2.32. The lowest BCUT2D eigenvalue weighted by Crippen LogP contribution is -2.45. The zero-order chi connectivity index (χ0) is 28.2. The first-order chi connectivity index (χ1) is 18.5. The standard InChI is InChI=1S/C31H52N6O2/c1-22(31(2,3)4)26-27(35(5)32)28(38)34-30(33-26)37(20-23-12-8-6-9-13-23)21-24-16-18-36(19-17-24)29(39)25-14-10-7-11-15-25/h23-25H,1,6-21,32H2,2-5H3,(H,33,34,38). The Labute approximate surface area is 235 Å². The number of amides is 1. The molecule has 0 unspecified atom stereocenters. The molecule has 2 heterocycles. The van der Waals surface area contributed by atoms with Gasteiger partial charge in [-0.3, -0.25) is 14.6 Å². The molecular formula is C31H52N6O2. The Balaban J connectivity index is 1.54. The van der Waals surface area contributed by atoms with E-state index in [1.54, 1.807) is 7.05 Å². The topological polar surface area (TPSA) is 98.6 Å². The first-order valence-corrected chi connectivity index (χ1v) is 15.4. The fourth-order valence-electron chi connectivity index (χ4n) is 6.68. The number of aromatic amines is 1. The van der Waals surface area contributed by atoms with Crippen LogP contribution < -0.4 is 21.3 Å². The number of carbonyl (C=O) groups excluding carboxylic acids is 1. The number of nitrogens with zero attached hydrogens (tertiary/aromatic N) is 4. The first-order valence-electron chi connectivity index (χ1n) is 15.4. The van der Waals surface area contributed by atoms with Crippen LogP contribution in [0.1, 0.15) is 104 Å². The number of piperidine rings is 1. The van der Waals surface area contributed by atoms with Gasteiger partial charge in [-0.15, -0.1) is 0 Å². The van der Waals surface area contributed by atoms with E-state index in [0.29, 0.717) is 35.1 Å². The third-order valence-electron chi connectivity index (χ3n) is 9.29. The van der Waals surface area contributed by atoms with E-state index in [2.05, 4.69) is 42.1 Å². The van der Waals surface area contributed by atoms with Crippen LogP contribution in [0.3, 0.4) is 0 Å². The van der Waals surface area contributed by atoms with Crippen LogP contribution in [0.4, 0.5) is 11.6 Å². The average Bonchev–Trinajstić information content (AvgIpc) is 2.92. The fraction of sp³-hybridized carbons (Fsp3) is 0.774. The lowest BCUT2D eigenvalue weighted by atomic mass is 9.85. The Bertz CT molecular complexity index is 1040. The summed E-state index contributed by atoms with van der Waals surface area (Å²) in [6.45, 7) is 14.0. The molecule has 0 aromatic carbocycles. The van der Waals surface area contributed by atoms with Crippen molar-refractivity contribution in [1.29, 1.82) is 0 Å². The molecule has 3 aliphatic rings. The second-order valence-electron chi connectivity index (χ2n) is 13.4. The lowest BCUT2D eigenvalue weighted by molar-refractivity contribution is -0.137. The van der Waals surface area contributed by atoms with Crippen molar-refractivity contribution in [3.05, 3.63) is 22.6 Å². The molecule has 0 spiro atoms. The van der Waals surface area contributed by atoms with Crippen molar-refractivity contribution < 1.29 is 4.79 Å². The summed E-state index contributed by atoms with van der Waals surface area (Å²) in [6.07, 6.45) is 14.1. The number of rotatable bonds is 8. The molecule has 1 aliphatic heterocycles. The molecule has 1 aromatic heterocycles. The predicted molar refractivity (Wildman–Crippen MR) is 161 cm³/mol. The Morgan fingerprint density at radius 2 is 1.51 bits per heavy atom. The van der Waals surface area contributed by atoms with Crippen LogP contribution in [-0.2, 0) is 4.79 Å². The number of likely N-dealkylation sites (tertiary alicyclic amines) is 1. The molecule has 0 atom stereocenters. The Hall–Kier alpha value is -2.35. The molecule has 1 amide bonds. The van der Waals surface area contributed by atoms with Crippen molar-refractivity contribution in [3.63, 3.8) is 0 Å². The van der Waals surface area contributed by atoms with Gasteiger partial charge >= 0.3 is 0 Å². The molecule has 8 heteroatoms. The molecule has 2 aliphatic carbocycles. The van der Waals surface area contributed by atoms with Gasteiger partial charge in [-0.2, -0.15) is 0 Å². The summed E-state index contributed by atoms with van der Waals surface area (Å²) < 4.78 is 0. The average molecular weight is 541 g/mol. The van der Waals surface area contributed by atoms with Gasteiger partial charge in [-0.1, -0.05) is 65.9 Å². The van der Waals surface area contributed by atoms with E-state index in [1.165, 1.54) is 56.4 Å². The van der Waals surface area contributed by atoms with Crippen LogP contribution in [0.25, 0.3) is 5.57 Å². The molecule has 8 nitrogen and oxygen atoms in total. The predicted octanol–water partition coefficient (Wildman–Crippen LogP) is 5.34. The maximum Gasteiger partial charge on any atom is 0.277 e. The molecule has 218 valence electrons. The van der Waals surface area contributed by atoms with Crippen molar-refractivity contribution >= 4 is 23.1 Å². The Kier molecular flexibility index (Phi) is 9.78. The highest BCUT2D eigenvalue weighted by atomic mass is 16.2. The summed E-state index contributed by atoms with van der Waals surface area (Å²) in [5.41, 5.74) is 1.24. The number of hydrazine groups is 1. The summed E-state index contributed by atoms with van der Waals surface area (Å²) in [5, 5.41) is 1.35. The largest absolute Gasteiger partial charge is 0.342 e. The molecule has 1 aromatic rings. The number of aromatic nitrogens is 2. The molecule has 4 rings (SSSR count). The van der Waals surface area contributed by atoms with E-state index in [4.69, 9.17) is 10.8 Å². The van der Waals surface area contributed by atoms with Gasteiger partial charge in [-0.25, -0.2) is 10.8 Å². The third-order valence-corrected chi connectivity index (χ3v) is 9.29. The minimum atomic E-state index is -0.255. The second kappa shape index (κ2) is 12.9. The van der Waals surface area contributed by atoms with E-state index in [-0.39, 0.29) is 16.9 Å². The van der Waals surface area contributed by atoms with Gasteiger partial charge in [0.15, 0.2) is 0 Å². The quantitative estimate of drug-likeness (QED) is 0.341. The van der Waals surface area contributed by atoms with Gasteiger partial charge in [0.05, 0.1) is 0 Å². The minimum absolute atomic E-state index is 0.230. The van der Waals surface area contributed by atoms with Crippen LogP contribution in [0.15, 0.2) is 11.4 Å². The van der Waals surface area contributed by atoms with E-state index < -0.39 is 0 Å². The van der Waals surface area contributed by atoms with Crippen LogP contribution in [0.2, 0.25) is 0 Å². The fourth-order valence-corrected chi connectivity index (χ4v) is 6.68. The highest BCUT2D eigenvalue weighted by molar-refractivity contribution is 5.79. The third kappa shape index (κ3) is 7.44. The van der Waals surface area contributed by atoms with Gasteiger partial charge in [-0.05, 0) is 61.3 Å². The van der Waals surface area contributed by atoms with E-state index in [0.717, 1.165) is 57.4 Å². The number of anilines is 2. The molecule has 0 radical (unpaired) electrons. The van der Waals surface area contributed by atoms with Crippen molar-refractivity contribution in [1.82, 2.24) is 14.9 Å². The molecule has 39 heavy (non-hydrogen) atoms. The van der Waals surface area contributed by atoms with Gasteiger partial charge in [0.25, 0.3) is 5.56 Å². The van der Waals surface area contributed by atoms with E-state index >= 15 is 0 Å².